The van der Waals surface area contributed by atoms with Gasteiger partial charge in [-0.2, -0.15) is 48.1 Å². The van der Waals surface area contributed by atoms with Crippen molar-refractivity contribution in [1.29, 1.82) is 0 Å². The summed E-state index contributed by atoms with van der Waals surface area (Å²) in [6.07, 6.45) is 6.29. The second-order valence-electron chi connectivity index (χ2n) is 24.9. The van der Waals surface area contributed by atoms with Gasteiger partial charge in [0.15, 0.2) is 0 Å². The second kappa shape index (κ2) is 24.9. The average Bonchev–Trinajstić information content (AvgIpc) is 0.675. The molecule has 418 valence electrons. The zero-order valence-electron chi connectivity index (χ0n) is 48.9. The maximum Gasteiger partial charge on any atom is 0.129 e. The van der Waals surface area contributed by atoms with Crippen LogP contribution in [0.5, 0.6) is 0 Å². The molecule has 0 heterocycles. The van der Waals surface area contributed by atoms with Crippen LogP contribution in [0.4, 0.5) is 11.4 Å². The summed E-state index contributed by atoms with van der Waals surface area (Å²) in [5.41, 5.74) is 22.5. The molecule has 0 saturated heterocycles. The van der Waals surface area contributed by atoms with Gasteiger partial charge in [0.2, 0.25) is 0 Å². The molecule has 4 fully saturated rings. The van der Waals surface area contributed by atoms with Crippen LogP contribution < -0.4 is 0 Å². The maximum absolute atomic E-state index is 4.51. The number of nitrogens with zero attached hydrogens (tertiary/aromatic N) is 2. The number of benzene rings is 9. The molecule has 13 rings (SSSR count). The number of azo groups is 1. The highest BCUT2D eigenvalue weighted by Crippen LogP contribution is 2.74. The van der Waals surface area contributed by atoms with Crippen LogP contribution in [0, 0.1) is 58.8 Å². The van der Waals surface area contributed by atoms with Gasteiger partial charge < -0.3 is 0 Å². The van der Waals surface area contributed by atoms with E-state index in [2.05, 4.69) is 296 Å². The Morgan fingerprint density at radius 2 is 0.465 bits per heavy atom. The van der Waals surface area contributed by atoms with Crippen LogP contribution in [0.1, 0.15) is 128 Å². The van der Waals surface area contributed by atoms with Crippen LogP contribution in [0.25, 0.3) is 0 Å². The summed E-state index contributed by atoms with van der Waals surface area (Å²) in [5.74, 6) is 33.1. The Kier molecular flexibility index (Phi) is 16.8. The molecule has 4 bridgehead atoms. The number of rotatable bonds is 9. The molecule has 0 aliphatic heterocycles. The third-order valence-electron chi connectivity index (χ3n) is 17.5. The Labute approximate surface area is 527 Å². The smallest absolute Gasteiger partial charge is 0.129 e. The van der Waals surface area contributed by atoms with Crippen LogP contribution in [-0.2, 0) is 38.9 Å². The summed E-state index contributed by atoms with van der Waals surface area (Å²) in [6, 6.07) is 78.3. The molecule has 0 amide bonds. The third-order valence-corrected chi connectivity index (χ3v) is 19.4. The van der Waals surface area contributed by atoms with Gasteiger partial charge >= 0.3 is 0 Å². The first-order chi connectivity index (χ1) is 41.8. The van der Waals surface area contributed by atoms with E-state index in [0.29, 0.717) is 17.3 Å². The molecular weight excluding hydrogens is 1110 g/mol. The highest BCUT2D eigenvalue weighted by atomic mass is 32.1. The zero-order valence-corrected chi connectivity index (χ0v) is 52.6. The fourth-order valence-corrected chi connectivity index (χ4v) is 14.9. The van der Waals surface area contributed by atoms with Gasteiger partial charge in [-0.3, -0.25) is 0 Å². The largest absolute Gasteiger partial charge is 0.175 e. The van der Waals surface area contributed by atoms with Crippen molar-refractivity contribution < 1.29 is 0 Å². The monoisotopic (exact) mass is 1180 g/mol. The molecule has 0 aromatic heterocycles. The summed E-state index contributed by atoms with van der Waals surface area (Å²) in [5, 5.41) is 9.01. The fraction of sp³-hybridized carbons (Fsp3) is 0.200. The van der Waals surface area contributed by atoms with E-state index in [1.807, 2.05) is 48.5 Å². The number of hydrogen-bond acceptors (Lipinski definition) is 5. The van der Waals surface area contributed by atoms with Crippen molar-refractivity contribution in [3.05, 3.63) is 307 Å². The van der Waals surface area contributed by atoms with Crippen molar-refractivity contribution in [3.8, 4) is 58.8 Å². The van der Waals surface area contributed by atoms with Crippen molar-refractivity contribution in [2.45, 2.75) is 97.1 Å². The molecule has 6 heteroatoms. The van der Waals surface area contributed by atoms with Gasteiger partial charge in [0.05, 0.1) is 11.4 Å². The van der Waals surface area contributed by atoms with E-state index >= 15 is 0 Å². The first-order valence-corrected chi connectivity index (χ1v) is 34.9. The quantitative estimate of drug-likeness (QED) is 0.0556. The third kappa shape index (κ3) is 13.2. The van der Waals surface area contributed by atoms with Gasteiger partial charge in [0.25, 0.3) is 0 Å². The van der Waals surface area contributed by atoms with Gasteiger partial charge in [-0.25, -0.2) is 0 Å². The lowest BCUT2D eigenvalue weighted by atomic mass is 9.32. The van der Waals surface area contributed by atoms with Crippen molar-refractivity contribution in [2.75, 3.05) is 0 Å². The normalized spacial score (nSPS) is 19.7. The summed E-state index contributed by atoms with van der Waals surface area (Å²) in [6.45, 7) is 6.75. The van der Waals surface area contributed by atoms with E-state index in [0.717, 1.165) is 100.0 Å². The summed E-state index contributed by atoms with van der Waals surface area (Å²) < 4.78 is 0. The summed E-state index contributed by atoms with van der Waals surface area (Å²) >= 11 is 13.4. The minimum atomic E-state index is -1.45. The van der Waals surface area contributed by atoms with E-state index in [9.17, 15) is 0 Å². The van der Waals surface area contributed by atoms with Crippen LogP contribution in [0.15, 0.2) is 229 Å². The average molecular weight is 1180 g/mol. The zero-order chi connectivity index (χ0) is 59.2. The summed E-state index contributed by atoms with van der Waals surface area (Å²) in [4.78, 5) is 0. The van der Waals surface area contributed by atoms with Crippen molar-refractivity contribution in [3.63, 3.8) is 0 Å². The van der Waals surface area contributed by atoms with Crippen molar-refractivity contribution >= 4 is 57.3 Å². The minimum Gasteiger partial charge on any atom is -0.175 e. The molecule has 0 atom stereocenters. The Bertz CT molecular complexity index is 3980. The number of thiol groups is 3. The van der Waals surface area contributed by atoms with Gasteiger partial charge in [0, 0.05) is 67.3 Å². The van der Waals surface area contributed by atoms with Gasteiger partial charge in [-0.1, -0.05) is 158 Å². The SMILES string of the molecule is C[Si](C)(C)C#Cc1ccc(N=Nc2ccc(C#Cc3ccc(C45CC6(c7ccc(C#Cc8ccc(CS)cc8)cc7)CC(c7ccc(C#Cc8ccc(CS)cc8)cc7)(CC(c7ccc(C#Cc8ccc(CS)cc8)cc7)(C6)C4)C5)cc3)cc2)cc1. The highest BCUT2D eigenvalue weighted by molar-refractivity contribution is 7.79. The Morgan fingerprint density at radius 3 is 0.663 bits per heavy atom. The molecule has 9 aromatic rings. The van der Waals surface area contributed by atoms with Crippen molar-refractivity contribution in [1.82, 2.24) is 0 Å². The Morgan fingerprint density at radius 1 is 0.279 bits per heavy atom. The van der Waals surface area contributed by atoms with E-state index < -0.39 is 8.07 Å². The highest BCUT2D eigenvalue weighted by Gasteiger charge is 2.69. The van der Waals surface area contributed by atoms with Gasteiger partial charge in [-0.05, 0) is 233 Å². The molecule has 2 nitrogen and oxygen atoms in total. The fourth-order valence-electron chi connectivity index (χ4n) is 13.7. The lowest BCUT2D eigenvalue weighted by Crippen LogP contribution is -2.67. The second-order valence-corrected chi connectivity index (χ2v) is 30.5. The molecule has 4 aliphatic rings. The molecule has 9 aromatic carbocycles. The lowest BCUT2D eigenvalue weighted by Gasteiger charge is -2.71. The van der Waals surface area contributed by atoms with Crippen molar-refractivity contribution in [2.24, 2.45) is 10.2 Å². The predicted octanol–water partition coefficient (Wildman–Crippen LogP) is 18.7. The van der Waals surface area contributed by atoms with E-state index in [-0.39, 0.29) is 21.7 Å². The first kappa shape index (κ1) is 58.0. The molecule has 0 radical (unpaired) electrons. The standard InChI is InChI=1S/C80H66N2S3Si/c1-86(2,3)49-48-67-34-46-76(47-35-67)82-81-75-44-32-66(33-45-75)11-10-65-30-42-74(43-31-65)80-56-77(71-36-24-62(25-37-71)7-4-59-12-18-68(50-83)19-13-59)53-78(57-80,72-38-26-63(27-39-72)8-5-60-14-20-69(51-84)21-15-60)55-79(54-77,58-80)73-40-28-64(29-41-73)9-6-61-16-22-70(52-85)23-17-61/h12-47,83-85H,50-58H2,1-3H3. The van der Waals surface area contributed by atoms with Crippen LogP contribution in [0.3, 0.4) is 0 Å². The van der Waals surface area contributed by atoms with Crippen LogP contribution in [0.2, 0.25) is 19.6 Å². The van der Waals surface area contributed by atoms with Gasteiger partial charge in [-0.15, -0.1) is 5.54 Å². The molecule has 0 spiro atoms. The van der Waals surface area contributed by atoms with E-state index in [1.165, 1.54) is 38.9 Å². The van der Waals surface area contributed by atoms with E-state index in [1.54, 1.807) is 0 Å². The molecule has 4 aliphatic carbocycles. The maximum atomic E-state index is 4.51. The Balaban J connectivity index is 0.895. The molecule has 86 heavy (non-hydrogen) atoms. The molecular formula is C80H66N2S3Si. The molecule has 0 unspecified atom stereocenters. The minimum absolute atomic E-state index is 0.143. The van der Waals surface area contributed by atoms with E-state index in [4.69, 9.17) is 0 Å². The molecule has 4 saturated carbocycles. The van der Waals surface area contributed by atoms with Crippen LogP contribution >= 0.6 is 37.9 Å². The first-order valence-electron chi connectivity index (χ1n) is 29.5. The molecule has 0 N–H and O–H groups in total. The Hall–Kier alpha value is -8.35. The van der Waals surface area contributed by atoms with Gasteiger partial charge in [0.1, 0.15) is 8.07 Å². The van der Waals surface area contributed by atoms with Crippen LogP contribution in [-0.4, -0.2) is 8.07 Å². The summed E-state index contributed by atoms with van der Waals surface area (Å²) in [7, 11) is -1.45. The number of hydrogen-bond donors (Lipinski definition) is 3. The topological polar surface area (TPSA) is 24.7 Å². The predicted molar refractivity (Wildman–Crippen MR) is 369 cm³/mol. The lowest BCUT2D eigenvalue weighted by molar-refractivity contribution is -0.0691.